The van der Waals surface area contributed by atoms with Gasteiger partial charge in [-0.15, -0.1) is 0 Å². The maximum Gasteiger partial charge on any atom is 0.123 e. The van der Waals surface area contributed by atoms with Gasteiger partial charge in [0.1, 0.15) is 5.75 Å². The van der Waals surface area contributed by atoms with Crippen LogP contribution < -0.4 is 4.90 Å². The van der Waals surface area contributed by atoms with Crippen LogP contribution in [-0.2, 0) is 10.2 Å². The molecule has 152 valence electrons. The molecule has 3 atom stereocenters. The summed E-state index contributed by atoms with van der Waals surface area (Å²) in [5.74, 6) is 1.96. The van der Waals surface area contributed by atoms with Crippen molar-refractivity contribution < 1.29 is 9.84 Å². The monoisotopic (exact) mass is 397 g/mol. The van der Waals surface area contributed by atoms with Crippen molar-refractivity contribution in [2.45, 2.75) is 31.1 Å². The third-order valence-electron chi connectivity index (χ3n) is 8.48. The van der Waals surface area contributed by atoms with E-state index in [1.807, 2.05) is 6.07 Å². The third kappa shape index (κ3) is 2.09. The molecule has 3 unspecified atom stereocenters. The molecule has 1 spiro atoms. The Kier molecular flexibility index (Phi) is 3.44. The quantitative estimate of drug-likeness (QED) is 0.591. The fourth-order valence-corrected chi connectivity index (χ4v) is 7.27. The van der Waals surface area contributed by atoms with E-state index in [1.165, 1.54) is 59.0 Å². The Morgan fingerprint density at radius 2 is 1.77 bits per heavy atom. The first-order valence-electron chi connectivity index (χ1n) is 11.5. The summed E-state index contributed by atoms with van der Waals surface area (Å²) < 4.78 is 5.59. The van der Waals surface area contributed by atoms with Gasteiger partial charge in [-0.25, -0.2) is 0 Å². The molecule has 30 heavy (non-hydrogen) atoms. The van der Waals surface area contributed by atoms with E-state index in [9.17, 15) is 5.11 Å². The van der Waals surface area contributed by atoms with Crippen molar-refractivity contribution in [3.8, 4) is 16.9 Å². The second-order valence-electron chi connectivity index (χ2n) is 9.74. The smallest absolute Gasteiger partial charge is 0.123 e. The SMILES string of the molecule is Oc1cc2c(c3ccccc13)-c1ccc(N3CCOCC3)cc1C21CC2CCC1C2. The predicted molar refractivity (Wildman–Crippen MR) is 120 cm³/mol. The Morgan fingerprint density at radius 1 is 0.933 bits per heavy atom. The predicted octanol–water partition coefficient (Wildman–Crippen LogP) is 5.47. The molecule has 1 heterocycles. The third-order valence-corrected chi connectivity index (χ3v) is 8.48. The topological polar surface area (TPSA) is 32.7 Å². The summed E-state index contributed by atoms with van der Waals surface area (Å²) >= 11 is 0. The van der Waals surface area contributed by atoms with E-state index in [2.05, 4.69) is 47.4 Å². The molecular formula is C27H27NO2. The Balaban J connectivity index is 1.51. The van der Waals surface area contributed by atoms with Gasteiger partial charge in [0.25, 0.3) is 0 Å². The maximum atomic E-state index is 11.0. The molecule has 4 aliphatic rings. The highest BCUT2D eigenvalue weighted by molar-refractivity contribution is 6.05. The molecule has 3 nitrogen and oxygen atoms in total. The standard InChI is InChI=1S/C27H27NO2/c29-25-15-24-26(21-4-2-1-3-20(21)25)22-8-7-19(28-9-11-30-12-10-28)14-23(22)27(24)16-17-5-6-18(27)13-17/h1-4,7-8,14-15,17-18,29H,5-6,9-13,16H2. The lowest BCUT2D eigenvalue weighted by Gasteiger charge is -2.37. The van der Waals surface area contributed by atoms with Crippen molar-refractivity contribution in [3.05, 3.63) is 59.7 Å². The maximum absolute atomic E-state index is 11.0. The van der Waals surface area contributed by atoms with E-state index in [1.54, 1.807) is 0 Å². The van der Waals surface area contributed by atoms with Gasteiger partial charge in [0.2, 0.25) is 0 Å². The fraction of sp³-hybridized carbons (Fsp3) is 0.407. The van der Waals surface area contributed by atoms with E-state index in [0.29, 0.717) is 11.7 Å². The van der Waals surface area contributed by atoms with Gasteiger partial charge < -0.3 is 14.7 Å². The zero-order valence-electron chi connectivity index (χ0n) is 17.2. The van der Waals surface area contributed by atoms with Crippen LogP contribution in [-0.4, -0.2) is 31.4 Å². The molecule has 7 rings (SSSR count). The summed E-state index contributed by atoms with van der Waals surface area (Å²) in [7, 11) is 0. The summed E-state index contributed by atoms with van der Waals surface area (Å²) in [4.78, 5) is 2.48. The lowest BCUT2D eigenvalue weighted by molar-refractivity contribution is 0.122. The van der Waals surface area contributed by atoms with Crippen LogP contribution in [0.4, 0.5) is 5.69 Å². The Bertz CT molecular complexity index is 1180. The van der Waals surface area contributed by atoms with Crippen molar-refractivity contribution >= 4 is 16.5 Å². The number of anilines is 1. The molecule has 1 N–H and O–H groups in total. The number of phenols is 1. The van der Waals surface area contributed by atoms with Gasteiger partial charge in [0, 0.05) is 29.6 Å². The van der Waals surface area contributed by atoms with Gasteiger partial charge in [-0.05, 0) is 76.9 Å². The number of morpholine rings is 1. The minimum Gasteiger partial charge on any atom is -0.507 e. The Hall–Kier alpha value is -2.52. The lowest BCUT2D eigenvalue weighted by atomic mass is 9.66. The first kappa shape index (κ1) is 17.2. The van der Waals surface area contributed by atoms with Crippen molar-refractivity contribution in [1.82, 2.24) is 0 Å². The van der Waals surface area contributed by atoms with Crippen LogP contribution in [0.15, 0.2) is 48.5 Å². The summed E-state index contributed by atoms with van der Waals surface area (Å²) in [6.07, 6.45) is 5.27. The average Bonchev–Trinajstić information content (AvgIpc) is 3.48. The minimum absolute atomic E-state index is 0.0807. The molecule has 1 aliphatic heterocycles. The van der Waals surface area contributed by atoms with Gasteiger partial charge in [0.15, 0.2) is 0 Å². The van der Waals surface area contributed by atoms with Crippen LogP contribution in [0.5, 0.6) is 5.75 Å². The van der Waals surface area contributed by atoms with E-state index >= 15 is 0 Å². The second-order valence-corrected chi connectivity index (χ2v) is 9.74. The van der Waals surface area contributed by atoms with Gasteiger partial charge in [0.05, 0.1) is 13.2 Å². The second kappa shape index (κ2) is 6.01. The van der Waals surface area contributed by atoms with Crippen LogP contribution in [0.2, 0.25) is 0 Å². The number of rotatable bonds is 1. The number of ether oxygens (including phenoxy) is 1. The molecule has 0 amide bonds. The largest absolute Gasteiger partial charge is 0.507 e. The number of hydrogen-bond donors (Lipinski definition) is 1. The van der Waals surface area contributed by atoms with E-state index in [0.717, 1.165) is 37.6 Å². The van der Waals surface area contributed by atoms with Gasteiger partial charge in [-0.2, -0.15) is 0 Å². The minimum atomic E-state index is 0.0807. The lowest BCUT2D eigenvalue weighted by Crippen LogP contribution is -2.37. The van der Waals surface area contributed by atoms with Crippen molar-refractivity contribution in [2.75, 3.05) is 31.2 Å². The fourth-order valence-electron chi connectivity index (χ4n) is 7.27. The molecule has 0 aromatic heterocycles. The molecule has 2 saturated carbocycles. The number of benzene rings is 3. The number of aromatic hydroxyl groups is 1. The van der Waals surface area contributed by atoms with Crippen LogP contribution in [0.25, 0.3) is 21.9 Å². The van der Waals surface area contributed by atoms with E-state index in [4.69, 9.17) is 4.74 Å². The molecule has 3 aliphatic carbocycles. The number of phenolic OH excluding ortho intramolecular Hbond substituents is 1. The highest BCUT2D eigenvalue weighted by Crippen LogP contribution is 2.67. The number of nitrogens with zero attached hydrogens (tertiary/aromatic N) is 1. The first-order chi connectivity index (χ1) is 14.8. The zero-order chi connectivity index (χ0) is 19.9. The molecule has 0 radical (unpaired) electrons. The highest BCUT2D eigenvalue weighted by Gasteiger charge is 2.57. The van der Waals surface area contributed by atoms with Crippen molar-refractivity contribution in [3.63, 3.8) is 0 Å². The summed E-state index contributed by atoms with van der Waals surface area (Å²) in [6.45, 7) is 3.56. The van der Waals surface area contributed by atoms with E-state index in [-0.39, 0.29) is 5.41 Å². The number of fused-ring (bicyclic) bond motifs is 10. The molecule has 3 fully saturated rings. The Morgan fingerprint density at radius 3 is 2.53 bits per heavy atom. The van der Waals surface area contributed by atoms with Crippen LogP contribution >= 0.6 is 0 Å². The van der Waals surface area contributed by atoms with Crippen molar-refractivity contribution in [1.29, 1.82) is 0 Å². The van der Waals surface area contributed by atoms with E-state index < -0.39 is 0 Å². The molecule has 2 bridgehead atoms. The first-order valence-corrected chi connectivity index (χ1v) is 11.5. The van der Waals surface area contributed by atoms with Crippen LogP contribution in [0, 0.1) is 11.8 Å². The van der Waals surface area contributed by atoms with Gasteiger partial charge in [-0.1, -0.05) is 36.8 Å². The Labute approximate surface area is 177 Å². The van der Waals surface area contributed by atoms with Crippen LogP contribution in [0.3, 0.4) is 0 Å². The molecular weight excluding hydrogens is 370 g/mol. The van der Waals surface area contributed by atoms with Gasteiger partial charge >= 0.3 is 0 Å². The normalized spacial score (nSPS) is 29.0. The highest BCUT2D eigenvalue weighted by atomic mass is 16.5. The van der Waals surface area contributed by atoms with Crippen molar-refractivity contribution in [2.24, 2.45) is 11.8 Å². The summed E-state index contributed by atoms with van der Waals surface area (Å²) in [5.41, 5.74) is 7.09. The molecule has 3 aromatic rings. The average molecular weight is 398 g/mol. The molecule has 3 aromatic carbocycles. The van der Waals surface area contributed by atoms with Gasteiger partial charge in [-0.3, -0.25) is 0 Å². The summed E-state index contributed by atoms with van der Waals surface area (Å²) in [6, 6.07) is 17.7. The molecule has 3 heteroatoms. The number of hydrogen-bond acceptors (Lipinski definition) is 3. The summed E-state index contributed by atoms with van der Waals surface area (Å²) in [5, 5.41) is 13.1. The van der Waals surface area contributed by atoms with Crippen LogP contribution in [0.1, 0.15) is 36.8 Å². The zero-order valence-corrected chi connectivity index (χ0v) is 17.2. The molecule has 1 saturated heterocycles.